The summed E-state index contributed by atoms with van der Waals surface area (Å²) in [4.78, 5) is 0. The van der Waals surface area contributed by atoms with E-state index in [2.05, 4.69) is 0 Å². The Kier molecular flexibility index (Phi) is 5.77. The molecule has 0 aliphatic carbocycles. The highest BCUT2D eigenvalue weighted by Gasteiger charge is 2.16. The number of rotatable bonds is 7. The van der Waals surface area contributed by atoms with E-state index in [1.54, 1.807) is 26.4 Å². The SMILES string of the molecule is COc1ccc(C(O)c2ccc(OCc3ccccc3)cc2)c(OC)c1. The maximum absolute atomic E-state index is 10.7. The fourth-order valence-electron chi connectivity index (χ4n) is 2.71. The number of hydrogen-bond donors (Lipinski definition) is 1. The summed E-state index contributed by atoms with van der Waals surface area (Å²) in [6.07, 6.45) is -0.793. The van der Waals surface area contributed by atoms with Gasteiger partial charge in [-0.3, -0.25) is 0 Å². The molecule has 4 nitrogen and oxygen atoms in total. The van der Waals surface area contributed by atoms with Gasteiger partial charge in [0, 0.05) is 11.6 Å². The van der Waals surface area contributed by atoms with Gasteiger partial charge in [0.1, 0.15) is 30.0 Å². The first-order valence-electron chi connectivity index (χ1n) is 8.38. The largest absolute Gasteiger partial charge is 0.497 e. The van der Waals surface area contributed by atoms with E-state index < -0.39 is 6.10 Å². The highest BCUT2D eigenvalue weighted by Crippen LogP contribution is 2.33. The Balaban J connectivity index is 1.71. The molecule has 1 unspecified atom stereocenters. The molecule has 0 aliphatic heterocycles. The van der Waals surface area contributed by atoms with Crippen LogP contribution in [0.15, 0.2) is 72.8 Å². The molecule has 0 saturated heterocycles. The Morgan fingerprint density at radius 2 is 1.50 bits per heavy atom. The van der Waals surface area contributed by atoms with E-state index in [1.165, 1.54) is 0 Å². The maximum atomic E-state index is 10.7. The lowest BCUT2D eigenvalue weighted by molar-refractivity contribution is 0.214. The van der Waals surface area contributed by atoms with E-state index >= 15 is 0 Å². The molecule has 0 aliphatic rings. The Bertz CT molecular complexity index is 829. The molecule has 0 bridgehead atoms. The van der Waals surface area contributed by atoms with E-state index in [0.29, 0.717) is 23.7 Å². The van der Waals surface area contributed by atoms with Crippen molar-refractivity contribution in [2.45, 2.75) is 12.7 Å². The quantitative estimate of drug-likeness (QED) is 0.688. The zero-order valence-electron chi connectivity index (χ0n) is 14.9. The third-order valence-corrected chi connectivity index (χ3v) is 4.18. The monoisotopic (exact) mass is 350 g/mol. The second kappa shape index (κ2) is 8.41. The molecule has 0 radical (unpaired) electrons. The summed E-state index contributed by atoms with van der Waals surface area (Å²) >= 11 is 0. The highest BCUT2D eigenvalue weighted by atomic mass is 16.5. The summed E-state index contributed by atoms with van der Waals surface area (Å²) in [7, 11) is 3.17. The lowest BCUT2D eigenvalue weighted by atomic mass is 10.0. The summed E-state index contributed by atoms with van der Waals surface area (Å²) in [6, 6.07) is 22.8. The van der Waals surface area contributed by atoms with Crippen molar-refractivity contribution in [1.82, 2.24) is 0 Å². The van der Waals surface area contributed by atoms with Crippen molar-refractivity contribution in [2.75, 3.05) is 14.2 Å². The van der Waals surface area contributed by atoms with Crippen molar-refractivity contribution >= 4 is 0 Å². The van der Waals surface area contributed by atoms with Crippen molar-refractivity contribution in [3.05, 3.63) is 89.5 Å². The lowest BCUT2D eigenvalue weighted by Gasteiger charge is -2.16. The first-order chi connectivity index (χ1) is 12.7. The first kappa shape index (κ1) is 17.8. The van der Waals surface area contributed by atoms with E-state index in [4.69, 9.17) is 14.2 Å². The molecule has 0 amide bonds. The van der Waals surface area contributed by atoms with E-state index in [1.807, 2.05) is 60.7 Å². The molecule has 3 rings (SSSR count). The van der Waals surface area contributed by atoms with Crippen LogP contribution in [0.1, 0.15) is 22.8 Å². The molecule has 1 atom stereocenters. The van der Waals surface area contributed by atoms with Crippen LogP contribution < -0.4 is 14.2 Å². The average molecular weight is 350 g/mol. The first-order valence-corrected chi connectivity index (χ1v) is 8.38. The number of benzene rings is 3. The lowest BCUT2D eigenvalue weighted by Crippen LogP contribution is -2.03. The summed E-state index contributed by atoms with van der Waals surface area (Å²) < 4.78 is 16.4. The predicted molar refractivity (Wildman–Crippen MR) is 101 cm³/mol. The minimum atomic E-state index is -0.793. The van der Waals surface area contributed by atoms with Gasteiger partial charge < -0.3 is 19.3 Å². The van der Waals surface area contributed by atoms with Crippen molar-refractivity contribution < 1.29 is 19.3 Å². The Hall–Kier alpha value is -2.98. The summed E-state index contributed by atoms with van der Waals surface area (Å²) in [5, 5.41) is 10.7. The van der Waals surface area contributed by atoms with E-state index in [0.717, 1.165) is 16.9 Å². The van der Waals surface area contributed by atoms with Crippen molar-refractivity contribution in [3.8, 4) is 17.2 Å². The Morgan fingerprint density at radius 1 is 0.808 bits per heavy atom. The van der Waals surface area contributed by atoms with Gasteiger partial charge in [0.15, 0.2) is 0 Å². The smallest absolute Gasteiger partial charge is 0.128 e. The van der Waals surface area contributed by atoms with Crippen LogP contribution in [-0.4, -0.2) is 19.3 Å². The van der Waals surface area contributed by atoms with Gasteiger partial charge in [-0.05, 0) is 35.4 Å². The number of ether oxygens (including phenoxy) is 3. The minimum absolute atomic E-state index is 0.509. The number of aliphatic hydroxyl groups is 1. The third-order valence-electron chi connectivity index (χ3n) is 4.18. The van der Waals surface area contributed by atoms with Crippen molar-refractivity contribution in [2.24, 2.45) is 0 Å². The Morgan fingerprint density at radius 3 is 2.15 bits per heavy atom. The van der Waals surface area contributed by atoms with Gasteiger partial charge in [-0.25, -0.2) is 0 Å². The van der Waals surface area contributed by atoms with Crippen LogP contribution >= 0.6 is 0 Å². The number of hydrogen-bond acceptors (Lipinski definition) is 4. The van der Waals surface area contributed by atoms with Gasteiger partial charge in [0.25, 0.3) is 0 Å². The van der Waals surface area contributed by atoms with Gasteiger partial charge in [0.2, 0.25) is 0 Å². The second-order valence-electron chi connectivity index (χ2n) is 5.85. The zero-order valence-corrected chi connectivity index (χ0v) is 14.9. The number of methoxy groups -OCH3 is 2. The fourth-order valence-corrected chi connectivity index (χ4v) is 2.71. The highest BCUT2D eigenvalue weighted by molar-refractivity contribution is 5.45. The second-order valence-corrected chi connectivity index (χ2v) is 5.85. The molecule has 3 aromatic rings. The molecule has 0 saturated carbocycles. The molecule has 0 spiro atoms. The van der Waals surface area contributed by atoms with Crippen LogP contribution in [0.25, 0.3) is 0 Å². The topological polar surface area (TPSA) is 47.9 Å². The normalized spacial score (nSPS) is 11.7. The predicted octanol–water partition coefficient (Wildman–Crippen LogP) is 4.36. The van der Waals surface area contributed by atoms with Crippen LogP contribution in [0.2, 0.25) is 0 Å². The number of aliphatic hydroxyl groups excluding tert-OH is 1. The van der Waals surface area contributed by atoms with Crippen molar-refractivity contribution in [1.29, 1.82) is 0 Å². The van der Waals surface area contributed by atoms with Crippen LogP contribution in [0.4, 0.5) is 0 Å². The molecular weight excluding hydrogens is 328 g/mol. The standard InChI is InChI=1S/C22H22O4/c1-24-19-12-13-20(21(14-19)25-2)22(23)17-8-10-18(11-9-17)26-15-16-6-4-3-5-7-16/h3-14,22-23H,15H2,1-2H3. The Labute approximate surface area is 153 Å². The molecule has 1 N–H and O–H groups in total. The third kappa shape index (κ3) is 4.16. The molecule has 0 aromatic heterocycles. The minimum Gasteiger partial charge on any atom is -0.497 e. The average Bonchev–Trinajstić information content (AvgIpc) is 2.72. The van der Waals surface area contributed by atoms with Gasteiger partial charge in [0.05, 0.1) is 14.2 Å². The molecule has 134 valence electrons. The van der Waals surface area contributed by atoms with Gasteiger partial charge in [-0.2, -0.15) is 0 Å². The molecule has 0 heterocycles. The molecule has 3 aromatic carbocycles. The zero-order chi connectivity index (χ0) is 18.4. The van der Waals surface area contributed by atoms with Gasteiger partial charge in [-0.1, -0.05) is 42.5 Å². The van der Waals surface area contributed by atoms with E-state index in [9.17, 15) is 5.11 Å². The maximum Gasteiger partial charge on any atom is 0.128 e. The molecule has 26 heavy (non-hydrogen) atoms. The van der Waals surface area contributed by atoms with Crippen LogP contribution in [0.3, 0.4) is 0 Å². The molecule has 0 fully saturated rings. The molecule has 4 heteroatoms. The van der Waals surface area contributed by atoms with Crippen LogP contribution in [0, 0.1) is 0 Å². The summed E-state index contributed by atoms with van der Waals surface area (Å²) in [6.45, 7) is 0.509. The van der Waals surface area contributed by atoms with Gasteiger partial charge in [-0.15, -0.1) is 0 Å². The van der Waals surface area contributed by atoms with E-state index in [-0.39, 0.29) is 0 Å². The molecular formula is C22H22O4. The van der Waals surface area contributed by atoms with Crippen LogP contribution in [0.5, 0.6) is 17.2 Å². The van der Waals surface area contributed by atoms with Crippen LogP contribution in [-0.2, 0) is 6.61 Å². The summed E-state index contributed by atoms with van der Waals surface area (Å²) in [5.41, 5.74) is 2.56. The van der Waals surface area contributed by atoms with Gasteiger partial charge >= 0.3 is 0 Å². The fraction of sp³-hybridized carbons (Fsp3) is 0.182. The summed E-state index contributed by atoms with van der Waals surface area (Å²) in [5.74, 6) is 2.02. The van der Waals surface area contributed by atoms with Crippen molar-refractivity contribution in [3.63, 3.8) is 0 Å².